The third-order valence-electron chi connectivity index (χ3n) is 2.40. The molecule has 0 spiro atoms. The first-order chi connectivity index (χ1) is 7.54. The van der Waals surface area contributed by atoms with Gasteiger partial charge in [0.05, 0.1) is 12.6 Å². The lowest BCUT2D eigenvalue weighted by atomic mass is 10.0. The van der Waals surface area contributed by atoms with Gasteiger partial charge < -0.3 is 10.4 Å². The molecule has 4 heteroatoms. The number of rotatable bonds is 4. The zero-order valence-corrected chi connectivity index (χ0v) is 11.6. The molecule has 0 heterocycles. The third kappa shape index (κ3) is 3.75. The van der Waals surface area contributed by atoms with Gasteiger partial charge in [0.1, 0.15) is 0 Å². The van der Waals surface area contributed by atoms with Crippen LogP contribution in [0.3, 0.4) is 0 Å². The van der Waals surface area contributed by atoms with Gasteiger partial charge in [0.15, 0.2) is 0 Å². The second-order valence-electron chi connectivity index (χ2n) is 4.02. The SMILES string of the molecule is CC(C)C(CO)NC(=O)c1cccc(I)c1. The fraction of sp³-hybridized carbons (Fsp3) is 0.417. The lowest BCUT2D eigenvalue weighted by molar-refractivity contribution is 0.0897. The van der Waals surface area contributed by atoms with E-state index in [0.29, 0.717) is 5.56 Å². The molecular weight excluding hydrogens is 317 g/mol. The number of benzene rings is 1. The summed E-state index contributed by atoms with van der Waals surface area (Å²) >= 11 is 2.17. The van der Waals surface area contributed by atoms with Crippen molar-refractivity contribution in [1.82, 2.24) is 5.32 Å². The van der Waals surface area contributed by atoms with Crippen LogP contribution in [-0.4, -0.2) is 23.7 Å². The molecule has 1 rings (SSSR count). The highest BCUT2D eigenvalue weighted by Crippen LogP contribution is 2.09. The van der Waals surface area contributed by atoms with Gasteiger partial charge in [-0.15, -0.1) is 0 Å². The highest BCUT2D eigenvalue weighted by Gasteiger charge is 2.15. The summed E-state index contributed by atoms with van der Waals surface area (Å²) in [6.45, 7) is 3.90. The smallest absolute Gasteiger partial charge is 0.251 e. The molecule has 0 radical (unpaired) electrons. The topological polar surface area (TPSA) is 49.3 Å². The van der Waals surface area contributed by atoms with Crippen LogP contribution < -0.4 is 5.32 Å². The Labute approximate surface area is 109 Å². The summed E-state index contributed by atoms with van der Waals surface area (Å²) in [5.74, 6) is 0.0861. The number of halogens is 1. The van der Waals surface area contributed by atoms with Gasteiger partial charge in [-0.25, -0.2) is 0 Å². The van der Waals surface area contributed by atoms with Gasteiger partial charge in [-0.1, -0.05) is 19.9 Å². The molecule has 1 aromatic rings. The molecule has 0 fully saturated rings. The van der Waals surface area contributed by atoms with Gasteiger partial charge >= 0.3 is 0 Å². The predicted molar refractivity (Wildman–Crippen MR) is 72.3 cm³/mol. The van der Waals surface area contributed by atoms with Crippen LogP contribution in [0.5, 0.6) is 0 Å². The molecule has 88 valence electrons. The molecule has 0 aliphatic heterocycles. The van der Waals surface area contributed by atoms with Crippen LogP contribution in [0.25, 0.3) is 0 Å². The Morgan fingerprint density at radius 2 is 2.19 bits per heavy atom. The lowest BCUT2D eigenvalue weighted by Gasteiger charge is -2.19. The number of hydrogen-bond acceptors (Lipinski definition) is 2. The molecule has 3 nitrogen and oxygen atoms in total. The van der Waals surface area contributed by atoms with Crippen molar-refractivity contribution in [3.05, 3.63) is 33.4 Å². The minimum Gasteiger partial charge on any atom is -0.394 e. The molecule has 0 aliphatic carbocycles. The summed E-state index contributed by atoms with van der Waals surface area (Å²) in [5.41, 5.74) is 0.631. The van der Waals surface area contributed by atoms with E-state index in [9.17, 15) is 4.79 Å². The Bertz CT molecular complexity index is 366. The van der Waals surface area contributed by atoms with Crippen molar-refractivity contribution in [3.8, 4) is 0 Å². The van der Waals surface area contributed by atoms with Crippen LogP contribution in [0.2, 0.25) is 0 Å². The molecule has 0 saturated heterocycles. The van der Waals surface area contributed by atoms with Crippen LogP contribution in [0.4, 0.5) is 0 Å². The molecule has 2 N–H and O–H groups in total. The Balaban J connectivity index is 2.72. The highest BCUT2D eigenvalue weighted by molar-refractivity contribution is 14.1. The van der Waals surface area contributed by atoms with Crippen molar-refractivity contribution < 1.29 is 9.90 Å². The van der Waals surface area contributed by atoms with E-state index in [4.69, 9.17) is 5.11 Å². The molecule has 16 heavy (non-hydrogen) atoms. The van der Waals surface area contributed by atoms with Gasteiger partial charge in [-0.05, 0) is 46.7 Å². The first-order valence-electron chi connectivity index (χ1n) is 5.22. The third-order valence-corrected chi connectivity index (χ3v) is 3.08. The van der Waals surface area contributed by atoms with E-state index in [0.717, 1.165) is 3.57 Å². The van der Waals surface area contributed by atoms with E-state index in [2.05, 4.69) is 27.9 Å². The summed E-state index contributed by atoms with van der Waals surface area (Å²) in [6.07, 6.45) is 0. The van der Waals surface area contributed by atoms with E-state index in [-0.39, 0.29) is 24.5 Å². The van der Waals surface area contributed by atoms with Crippen LogP contribution in [0.15, 0.2) is 24.3 Å². The summed E-state index contributed by atoms with van der Waals surface area (Å²) in [7, 11) is 0. The van der Waals surface area contributed by atoms with Crippen molar-refractivity contribution in [2.45, 2.75) is 19.9 Å². The van der Waals surface area contributed by atoms with Crippen LogP contribution >= 0.6 is 22.6 Å². The van der Waals surface area contributed by atoms with Crippen LogP contribution in [0.1, 0.15) is 24.2 Å². The number of carbonyl (C=O) groups is 1. The molecule has 0 aliphatic rings. The summed E-state index contributed by atoms with van der Waals surface area (Å²) in [6, 6.07) is 7.19. The molecule has 1 unspecified atom stereocenters. The zero-order valence-electron chi connectivity index (χ0n) is 9.40. The number of nitrogens with one attached hydrogen (secondary N) is 1. The number of aliphatic hydroxyl groups excluding tert-OH is 1. The van der Waals surface area contributed by atoms with Crippen molar-refractivity contribution in [2.24, 2.45) is 5.92 Å². The fourth-order valence-electron chi connectivity index (χ4n) is 1.30. The Morgan fingerprint density at radius 1 is 1.50 bits per heavy atom. The van der Waals surface area contributed by atoms with Crippen molar-refractivity contribution >= 4 is 28.5 Å². The maximum absolute atomic E-state index is 11.8. The van der Waals surface area contributed by atoms with Crippen LogP contribution in [0, 0.1) is 9.49 Å². The van der Waals surface area contributed by atoms with Crippen molar-refractivity contribution in [3.63, 3.8) is 0 Å². The van der Waals surface area contributed by atoms with E-state index < -0.39 is 0 Å². The molecular formula is C12H16INO2. The normalized spacial score (nSPS) is 12.6. The summed E-state index contributed by atoms with van der Waals surface area (Å²) in [5, 5.41) is 11.9. The summed E-state index contributed by atoms with van der Waals surface area (Å²) < 4.78 is 1.02. The Morgan fingerprint density at radius 3 is 2.69 bits per heavy atom. The highest BCUT2D eigenvalue weighted by atomic mass is 127. The average Bonchev–Trinajstić information content (AvgIpc) is 2.25. The maximum Gasteiger partial charge on any atom is 0.251 e. The van der Waals surface area contributed by atoms with E-state index in [1.165, 1.54) is 0 Å². The fourth-order valence-corrected chi connectivity index (χ4v) is 1.85. The van der Waals surface area contributed by atoms with E-state index in [1.807, 2.05) is 32.0 Å². The van der Waals surface area contributed by atoms with E-state index >= 15 is 0 Å². The first-order valence-corrected chi connectivity index (χ1v) is 6.29. The van der Waals surface area contributed by atoms with Gasteiger partial charge in [0, 0.05) is 9.13 Å². The lowest BCUT2D eigenvalue weighted by Crippen LogP contribution is -2.41. The molecule has 1 atom stereocenters. The van der Waals surface area contributed by atoms with Crippen LogP contribution in [-0.2, 0) is 0 Å². The minimum absolute atomic E-state index is 0.0344. The standard InChI is InChI=1S/C12H16INO2/c1-8(2)11(7-15)14-12(16)9-4-3-5-10(13)6-9/h3-6,8,11,15H,7H2,1-2H3,(H,14,16). The quantitative estimate of drug-likeness (QED) is 0.829. The molecule has 0 aromatic heterocycles. The van der Waals surface area contributed by atoms with Gasteiger partial charge in [0.2, 0.25) is 0 Å². The van der Waals surface area contributed by atoms with Crippen molar-refractivity contribution in [1.29, 1.82) is 0 Å². The monoisotopic (exact) mass is 333 g/mol. The maximum atomic E-state index is 11.8. The number of amides is 1. The Hall–Kier alpha value is -0.620. The second kappa shape index (κ2) is 6.20. The molecule has 0 saturated carbocycles. The van der Waals surface area contributed by atoms with Gasteiger partial charge in [-0.3, -0.25) is 4.79 Å². The van der Waals surface area contributed by atoms with Gasteiger partial charge in [0.25, 0.3) is 5.91 Å². The average molecular weight is 333 g/mol. The van der Waals surface area contributed by atoms with E-state index in [1.54, 1.807) is 6.07 Å². The zero-order chi connectivity index (χ0) is 12.1. The number of hydrogen-bond donors (Lipinski definition) is 2. The number of carbonyl (C=O) groups excluding carboxylic acids is 1. The second-order valence-corrected chi connectivity index (χ2v) is 5.26. The molecule has 1 aromatic carbocycles. The van der Waals surface area contributed by atoms with Gasteiger partial charge in [-0.2, -0.15) is 0 Å². The Kier molecular flexibility index (Phi) is 5.21. The predicted octanol–water partition coefficient (Wildman–Crippen LogP) is 2.04. The molecule has 0 bridgehead atoms. The van der Waals surface area contributed by atoms with Crippen molar-refractivity contribution in [2.75, 3.05) is 6.61 Å². The minimum atomic E-state index is -0.189. The largest absolute Gasteiger partial charge is 0.394 e. The summed E-state index contributed by atoms with van der Waals surface area (Å²) in [4.78, 5) is 11.8. The first kappa shape index (κ1) is 13.4. The molecule has 1 amide bonds. The number of aliphatic hydroxyl groups is 1.